The molecule has 1 aliphatic rings. The number of benzene rings is 1. The van der Waals surface area contributed by atoms with Gasteiger partial charge < -0.3 is 15.4 Å². The molecule has 28 heavy (non-hydrogen) atoms. The van der Waals surface area contributed by atoms with Crippen molar-refractivity contribution >= 4 is 27.5 Å². The minimum absolute atomic E-state index is 0.192. The minimum atomic E-state index is -3.32. The molecule has 1 aliphatic heterocycles. The topological polar surface area (TPSA) is 119 Å². The summed E-state index contributed by atoms with van der Waals surface area (Å²) in [5.41, 5.74) is 1.39. The highest BCUT2D eigenvalue weighted by molar-refractivity contribution is 7.90. The van der Waals surface area contributed by atoms with Gasteiger partial charge in [-0.3, -0.25) is 9.59 Å². The van der Waals surface area contributed by atoms with Crippen LogP contribution in [-0.4, -0.2) is 43.7 Å². The number of nitrogens with one attached hydrogen (secondary N) is 2. The molecular formula is C18H22N4O5S. The van der Waals surface area contributed by atoms with Gasteiger partial charge in [0, 0.05) is 12.1 Å². The zero-order chi connectivity index (χ0) is 20.3. The van der Waals surface area contributed by atoms with Crippen LogP contribution >= 0.6 is 0 Å². The first-order valence-corrected chi connectivity index (χ1v) is 10.7. The average Bonchev–Trinajstić information content (AvgIpc) is 3.14. The van der Waals surface area contributed by atoms with Crippen molar-refractivity contribution in [3.05, 3.63) is 35.5 Å². The normalized spacial score (nSPS) is 14.4. The molecule has 1 aromatic carbocycles. The molecule has 0 unspecified atom stereocenters. The van der Waals surface area contributed by atoms with Crippen LogP contribution in [0.5, 0.6) is 5.75 Å². The fourth-order valence-electron chi connectivity index (χ4n) is 2.90. The summed E-state index contributed by atoms with van der Waals surface area (Å²) in [7, 11) is -1.77. The van der Waals surface area contributed by atoms with Crippen LogP contribution < -0.4 is 15.4 Å². The van der Waals surface area contributed by atoms with Gasteiger partial charge in [0.2, 0.25) is 0 Å². The number of unbranched alkanes of at least 4 members (excludes halogenated alkanes) is 1. The number of anilines is 1. The van der Waals surface area contributed by atoms with Crippen molar-refractivity contribution in [3.63, 3.8) is 0 Å². The van der Waals surface area contributed by atoms with Crippen LogP contribution in [0.1, 0.15) is 31.0 Å². The quantitative estimate of drug-likeness (QED) is 0.549. The number of hydrogen-bond acceptors (Lipinski definition) is 6. The lowest BCUT2D eigenvalue weighted by Crippen LogP contribution is -2.36. The highest BCUT2D eigenvalue weighted by atomic mass is 32.2. The van der Waals surface area contributed by atoms with Gasteiger partial charge in [-0.05, 0) is 30.7 Å². The summed E-state index contributed by atoms with van der Waals surface area (Å²) in [5, 5.41) is 9.43. The number of carbonyl (C=O) groups is 2. The van der Waals surface area contributed by atoms with Crippen LogP contribution in [-0.2, 0) is 30.9 Å². The first-order valence-electron chi connectivity index (χ1n) is 8.89. The van der Waals surface area contributed by atoms with Crippen molar-refractivity contribution in [1.82, 2.24) is 15.1 Å². The number of sulfone groups is 1. The second-order valence-corrected chi connectivity index (χ2v) is 8.54. The number of aromatic nitrogens is 2. The van der Waals surface area contributed by atoms with Gasteiger partial charge >= 0.3 is 11.8 Å². The van der Waals surface area contributed by atoms with E-state index in [0.29, 0.717) is 29.2 Å². The molecular weight excluding hydrogens is 384 g/mol. The molecule has 2 amide bonds. The average molecular weight is 406 g/mol. The maximum Gasteiger partial charge on any atom is 0.314 e. The summed E-state index contributed by atoms with van der Waals surface area (Å²) >= 11 is 0. The first kappa shape index (κ1) is 19.9. The number of fused-ring (bicyclic) bond motifs is 1. The van der Waals surface area contributed by atoms with E-state index in [9.17, 15) is 18.0 Å². The molecule has 3 rings (SSSR count). The van der Waals surface area contributed by atoms with Crippen LogP contribution in [0.4, 0.5) is 5.82 Å². The van der Waals surface area contributed by atoms with Gasteiger partial charge in [-0.15, -0.1) is 0 Å². The maximum absolute atomic E-state index is 12.3. The van der Waals surface area contributed by atoms with E-state index >= 15 is 0 Å². The van der Waals surface area contributed by atoms with Crippen LogP contribution in [0.2, 0.25) is 0 Å². The second-order valence-electron chi connectivity index (χ2n) is 6.48. The van der Waals surface area contributed by atoms with Gasteiger partial charge in [-0.2, -0.15) is 5.10 Å². The summed E-state index contributed by atoms with van der Waals surface area (Å²) in [4.78, 5) is 24.3. The highest BCUT2D eigenvalue weighted by Gasteiger charge is 2.33. The molecule has 2 heterocycles. The van der Waals surface area contributed by atoms with E-state index in [-0.39, 0.29) is 17.3 Å². The molecule has 1 aromatic heterocycles. The maximum atomic E-state index is 12.3. The molecule has 0 spiro atoms. The summed E-state index contributed by atoms with van der Waals surface area (Å²) in [5.74, 6) is -1.23. The van der Waals surface area contributed by atoms with E-state index in [1.54, 1.807) is 31.4 Å². The molecule has 150 valence electrons. The Morgan fingerprint density at radius 1 is 1.18 bits per heavy atom. The van der Waals surface area contributed by atoms with E-state index in [4.69, 9.17) is 4.74 Å². The number of carbonyl (C=O) groups excluding carboxylic acids is 2. The number of rotatable bonds is 6. The fourth-order valence-corrected chi connectivity index (χ4v) is 4.40. The molecule has 0 aliphatic carbocycles. The van der Waals surface area contributed by atoms with E-state index in [0.717, 1.165) is 12.8 Å². The molecule has 10 heteroatoms. The fraction of sp³-hybridized carbons (Fsp3) is 0.389. The SMILES string of the molecule is CCCCNC(=O)C(=O)Nc1c2c(nn1-c1ccc(OC)cc1)CS(=O)(=O)C2. The third-order valence-corrected chi connectivity index (χ3v) is 5.80. The number of ether oxygens (including phenoxy) is 1. The zero-order valence-electron chi connectivity index (χ0n) is 15.7. The van der Waals surface area contributed by atoms with Crippen LogP contribution in [0.25, 0.3) is 5.69 Å². The summed E-state index contributed by atoms with van der Waals surface area (Å²) in [6.45, 7) is 2.37. The summed E-state index contributed by atoms with van der Waals surface area (Å²) in [6.07, 6.45) is 1.65. The predicted molar refractivity (Wildman–Crippen MR) is 103 cm³/mol. The smallest absolute Gasteiger partial charge is 0.314 e. The zero-order valence-corrected chi connectivity index (χ0v) is 16.5. The lowest BCUT2D eigenvalue weighted by molar-refractivity contribution is -0.136. The van der Waals surface area contributed by atoms with Crippen molar-refractivity contribution < 1.29 is 22.7 Å². The molecule has 0 atom stereocenters. The van der Waals surface area contributed by atoms with Gasteiger partial charge in [0.25, 0.3) is 0 Å². The second kappa shape index (κ2) is 8.01. The third-order valence-electron chi connectivity index (χ3n) is 4.36. The molecule has 0 bridgehead atoms. The molecule has 0 fully saturated rings. The molecule has 0 saturated carbocycles. The first-order chi connectivity index (χ1) is 13.3. The Kier molecular flexibility index (Phi) is 5.68. The number of amides is 2. The predicted octanol–water partition coefficient (Wildman–Crippen LogP) is 1.16. The van der Waals surface area contributed by atoms with Gasteiger partial charge in [0.15, 0.2) is 9.84 Å². The monoisotopic (exact) mass is 406 g/mol. The Morgan fingerprint density at radius 3 is 2.54 bits per heavy atom. The van der Waals surface area contributed by atoms with Crippen molar-refractivity contribution in [3.8, 4) is 11.4 Å². The minimum Gasteiger partial charge on any atom is -0.497 e. The van der Waals surface area contributed by atoms with Crippen LogP contribution in [0.15, 0.2) is 24.3 Å². The largest absolute Gasteiger partial charge is 0.497 e. The van der Waals surface area contributed by atoms with Crippen LogP contribution in [0, 0.1) is 0 Å². The highest BCUT2D eigenvalue weighted by Crippen LogP contribution is 2.33. The van der Waals surface area contributed by atoms with Crippen molar-refractivity contribution in [2.75, 3.05) is 19.0 Å². The van der Waals surface area contributed by atoms with Gasteiger partial charge in [0.05, 0.1) is 30.0 Å². The lowest BCUT2D eigenvalue weighted by Gasteiger charge is -2.11. The van der Waals surface area contributed by atoms with E-state index in [2.05, 4.69) is 15.7 Å². The molecule has 2 aromatic rings. The Morgan fingerprint density at radius 2 is 1.89 bits per heavy atom. The van der Waals surface area contributed by atoms with Gasteiger partial charge in [0.1, 0.15) is 11.6 Å². The standard InChI is InChI=1S/C18H22N4O5S/c1-3-4-9-19-17(23)18(24)20-16-14-10-28(25,26)11-15(14)21-22(16)12-5-7-13(27-2)8-6-12/h5-8H,3-4,9-11H2,1-2H3,(H,19,23)(H,20,24). The molecule has 0 saturated heterocycles. The number of hydrogen-bond donors (Lipinski definition) is 2. The van der Waals surface area contributed by atoms with E-state index < -0.39 is 21.7 Å². The molecule has 0 radical (unpaired) electrons. The molecule has 9 nitrogen and oxygen atoms in total. The summed E-state index contributed by atoms with van der Waals surface area (Å²) in [6, 6.07) is 6.91. The number of nitrogens with zero attached hydrogens (tertiary/aromatic N) is 2. The molecule has 2 N–H and O–H groups in total. The van der Waals surface area contributed by atoms with Crippen molar-refractivity contribution in [2.45, 2.75) is 31.3 Å². The van der Waals surface area contributed by atoms with Crippen molar-refractivity contribution in [1.29, 1.82) is 0 Å². The Balaban J connectivity index is 1.91. The van der Waals surface area contributed by atoms with E-state index in [1.807, 2.05) is 6.92 Å². The lowest BCUT2D eigenvalue weighted by atomic mass is 10.2. The van der Waals surface area contributed by atoms with Crippen molar-refractivity contribution in [2.24, 2.45) is 0 Å². The number of methoxy groups -OCH3 is 1. The van der Waals surface area contributed by atoms with Gasteiger partial charge in [-0.25, -0.2) is 13.1 Å². The third kappa shape index (κ3) is 4.16. The van der Waals surface area contributed by atoms with Crippen LogP contribution in [0.3, 0.4) is 0 Å². The summed E-state index contributed by atoms with van der Waals surface area (Å²) < 4.78 is 30.5. The Bertz CT molecular complexity index is 996. The van der Waals surface area contributed by atoms with Gasteiger partial charge in [-0.1, -0.05) is 13.3 Å². The Labute approximate surface area is 163 Å². The Hall–Kier alpha value is -2.88. The van der Waals surface area contributed by atoms with E-state index in [1.165, 1.54) is 4.68 Å².